The predicted octanol–water partition coefficient (Wildman–Crippen LogP) is 3.67. The summed E-state index contributed by atoms with van der Waals surface area (Å²) in [5.41, 5.74) is 0.571. The van der Waals surface area contributed by atoms with E-state index in [0.717, 1.165) is 5.56 Å². The Kier molecular flexibility index (Phi) is 7.18. The summed E-state index contributed by atoms with van der Waals surface area (Å²) in [4.78, 5) is 8.57. The van der Waals surface area contributed by atoms with Gasteiger partial charge in [-0.15, -0.1) is 0 Å². The Labute approximate surface area is 164 Å². The predicted molar refractivity (Wildman–Crippen MR) is 106 cm³/mol. The molecule has 0 bridgehead atoms. The average molecular weight is 396 g/mol. The lowest BCUT2D eigenvalue weighted by atomic mass is 9.84. The molecule has 1 aromatic heterocycles. The SMILES string of the molecule is CN=C(NCCc1nc(C(C)C)no1)NCC(C)(C)c1ccc(F)cc1Cl. The quantitative estimate of drug-likeness (QED) is 0.552. The summed E-state index contributed by atoms with van der Waals surface area (Å²) >= 11 is 6.20. The molecule has 0 aliphatic rings. The monoisotopic (exact) mass is 395 g/mol. The molecule has 2 aromatic rings. The first-order valence-corrected chi connectivity index (χ1v) is 9.33. The van der Waals surface area contributed by atoms with Crippen molar-refractivity contribution in [2.45, 2.75) is 45.4 Å². The van der Waals surface area contributed by atoms with Crippen molar-refractivity contribution in [3.05, 3.63) is 46.3 Å². The molecule has 27 heavy (non-hydrogen) atoms. The number of hydrogen-bond acceptors (Lipinski definition) is 4. The van der Waals surface area contributed by atoms with Crippen molar-refractivity contribution in [2.75, 3.05) is 20.1 Å². The summed E-state index contributed by atoms with van der Waals surface area (Å²) in [5.74, 6) is 1.87. The zero-order chi connectivity index (χ0) is 20.0. The van der Waals surface area contributed by atoms with Gasteiger partial charge in [0.05, 0.1) is 0 Å². The molecule has 6 nitrogen and oxygen atoms in total. The molecule has 0 atom stereocenters. The molecule has 2 N–H and O–H groups in total. The molecule has 0 saturated carbocycles. The van der Waals surface area contributed by atoms with Crippen LogP contribution in [0.3, 0.4) is 0 Å². The second kappa shape index (κ2) is 9.17. The van der Waals surface area contributed by atoms with Crippen LogP contribution in [0, 0.1) is 5.82 Å². The van der Waals surface area contributed by atoms with Crippen LogP contribution in [0.5, 0.6) is 0 Å². The first kappa shape index (κ1) is 21.2. The van der Waals surface area contributed by atoms with Crippen molar-refractivity contribution in [2.24, 2.45) is 4.99 Å². The van der Waals surface area contributed by atoms with Crippen LogP contribution in [-0.2, 0) is 11.8 Å². The highest BCUT2D eigenvalue weighted by atomic mass is 35.5. The fourth-order valence-electron chi connectivity index (χ4n) is 2.55. The molecule has 0 aliphatic heterocycles. The summed E-state index contributed by atoms with van der Waals surface area (Å²) in [7, 11) is 1.71. The number of nitrogens with zero attached hydrogens (tertiary/aromatic N) is 3. The van der Waals surface area contributed by atoms with Crippen LogP contribution in [0.25, 0.3) is 0 Å². The number of rotatable bonds is 7. The Bertz CT molecular complexity index is 788. The van der Waals surface area contributed by atoms with Gasteiger partial charge < -0.3 is 15.2 Å². The molecule has 0 unspecified atom stereocenters. The van der Waals surface area contributed by atoms with Crippen molar-refractivity contribution in [3.63, 3.8) is 0 Å². The Balaban J connectivity index is 1.87. The van der Waals surface area contributed by atoms with Crippen molar-refractivity contribution < 1.29 is 8.91 Å². The largest absolute Gasteiger partial charge is 0.356 e. The van der Waals surface area contributed by atoms with Crippen molar-refractivity contribution in [1.82, 2.24) is 20.8 Å². The first-order valence-electron chi connectivity index (χ1n) is 8.95. The molecule has 1 aromatic carbocycles. The van der Waals surface area contributed by atoms with Crippen molar-refractivity contribution in [3.8, 4) is 0 Å². The molecule has 1 heterocycles. The van der Waals surface area contributed by atoms with E-state index in [2.05, 4.69) is 25.8 Å². The maximum Gasteiger partial charge on any atom is 0.228 e. The Morgan fingerprint density at radius 1 is 1.33 bits per heavy atom. The summed E-state index contributed by atoms with van der Waals surface area (Å²) in [6.07, 6.45) is 0.605. The molecular weight excluding hydrogens is 369 g/mol. The van der Waals surface area contributed by atoms with E-state index >= 15 is 0 Å². The number of halogens is 2. The molecule has 2 rings (SSSR count). The molecule has 148 valence electrons. The number of nitrogens with one attached hydrogen (secondary N) is 2. The van der Waals surface area contributed by atoms with E-state index < -0.39 is 0 Å². The van der Waals surface area contributed by atoms with Gasteiger partial charge in [0, 0.05) is 42.9 Å². The fraction of sp³-hybridized carbons (Fsp3) is 0.526. The summed E-state index contributed by atoms with van der Waals surface area (Å²) in [6, 6.07) is 4.48. The number of aromatic nitrogens is 2. The van der Waals surface area contributed by atoms with E-state index in [1.54, 1.807) is 13.1 Å². The number of benzene rings is 1. The number of hydrogen-bond donors (Lipinski definition) is 2. The lowest BCUT2D eigenvalue weighted by Gasteiger charge is -2.27. The van der Waals surface area contributed by atoms with Crippen LogP contribution < -0.4 is 10.6 Å². The second-order valence-electron chi connectivity index (χ2n) is 7.31. The lowest BCUT2D eigenvalue weighted by Crippen LogP contribution is -2.44. The van der Waals surface area contributed by atoms with Gasteiger partial charge in [-0.25, -0.2) is 4.39 Å². The van der Waals surface area contributed by atoms with Crippen LogP contribution in [-0.4, -0.2) is 36.2 Å². The standard InChI is InChI=1S/C19H27ClFN5O/c1-12(2)17-25-16(27-26-17)8-9-23-18(22-5)24-11-19(3,4)14-7-6-13(21)10-15(14)20/h6-7,10,12H,8-9,11H2,1-5H3,(H2,22,23,24). The Hall–Kier alpha value is -2.15. The Morgan fingerprint density at radius 3 is 2.67 bits per heavy atom. The van der Waals surface area contributed by atoms with Gasteiger partial charge in [-0.05, 0) is 17.7 Å². The summed E-state index contributed by atoms with van der Waals surface area (Å²) in [5, 5.41) is 10.9. The Morgan fingerprint density at radius 2 is 2.07 bits per heavy atom. The highest BCUT2D eigenvalue weighted by Gasteiger charge is 2.24. The van der Waals surface area contributed by atoms with E-state index in [-0.39, 0.29) is 17.2 Å². The minimum Gasteiger partial charge on any atom is -0.356 e. The van der Waals surface area contributed by atoms with E-state index in [4.69, 9.17) is 16.1 Å². The molecule has 0 radical (unpaired) electrons. The molecular formula is C19H27ClFN5O. The van der Waals surface area contributed by atoms with Gasteiger partial charge in [-0.2, -0.15) is 4.98 Å². The third kappa shape index (κ3) is 5.92. The van der Waals surface area contributed by atoms with Crippen LogP contribution in [0.15, 0.2) is 27.7 Å². The van der Waals surface area contributed by atoms with E-state index in [1.807, 2.05) is 27.7 Å². The first-order chi connectivity index (χ1) is 12.7. The fourth-order valence-corrected chi connectivity index (χ4v) is 2.97. The van der Waals surface area contributed by atoms with Gasteiger partial charge in [0.25, 0.3) is 0 Å². The third-order valence-corrected chi connectivity index (χ3v) is 4.53. The number of aliphatic imine (C=N–C) groups is 1. The average Bonchev–Trinajstić information content (AvgIpc) is 3.06. The minimum atomic E-state index is -0.341. The van der Waals surface area contributed by atoms with E-state index in [1.165, 1.54) is 12.1 Å². The van der Waals surface area contributed by atoms with E-state index in [0.29, 0.717) is 42.2 Å². The smallest absolute Gasteiger partial charge is 0.228 e. The third-order valence-electron chi connectivity index (χ3n) is 4.21. The van der Waals surface area contributed by atoms with Gasteiger partial charge in [-0.1, -0.05) is 50.5 Å². The maximum atomic E-state index is 13.3. The van der Waals surface area contributed by atoms with Gasteiger partial charge >= 0.3 is 0 Å². The number of guanidine groups is 1. The van der Waals surface area contributed by atoms with Gasteiger partial charge in [0.2, 0.25) is 5.89 Å². The molecule has 0 fully saturated rings. The van der Waals surface area contributed by atoms with Crippen LogP contribution in [0.4, 0.5) is 4.39 Å². The highest BCUT2D eigenvalue weighted by molar-refractivity contribution is 6.31. The maximum absolute atomic E-state index is 13.3. The lowest BCUT2D eigenvalue weighted by molar-refractivity contribution is 0.371. The molecule has 0 aliphatic carbocycles. The van der Waals surface area contributed by atoms with Crippen LogP contribution in [0.1, 0.15) is 50.9 Å². The molecule has 0 amide bonds. The van der Waals surface area contributed by atoms with Crippen molar-refractivity contribution in [1.29, 1.82) is 0 Å². The van der Waals surface area contributed by atoms with Gasteiger partial charge in [0.15, 0.2) is 11.8 Å². The normalized spacial score (nSPS) is 12.5. The van der Waals surface area contributed by atoms with Crippen molar-refractivity contribution >= 4 is 17.6 Å². The highest BCUT2D eigenvalue weighted by Crippen LogP contribution is 2.29. The zero-order valence-corrected chi connectivity index (χ0v) is 17.2. The second-order valence-corrected chi connectivity index (χ2v) is 7.72. The zero-order valence-electron chi connectivity index (χ0n) is 16.4. The van der Waals surface area contributed by atoms with Crippen LogP contribution >= 0.6 is 11.6 Å². The molecule has 8 heteroatoms. The summed E-state index contributed by atoms with van der Waals surface area (Å²) < 4.78 is 18.5. The van der Waals surface area contributed by atoms with Gasteiger partial charge in [-0.3, -0.25) is 4.99 Å². The topological polar surface area (TPSA) is 75.3 Å². The summed E-state index contributed by atoms with van der Waals surface area (Å²) in [6.45, 7) is 9.31. The minimum absolute atomic E-state index is 0.241. The molecule has 0 saturated heterocycles. The van der Waals surface area contributed by atoms with E-state index in [9.17, 15) is 4.39 Å². The molecule has 0 spiro atoms. The van der Waals surface area contributed by atoms with Gasteiger partial charge in [0.1, 0.15) is 5.82 Å². The van der Waals surface area contributed by atoms with Crippen LogP contribution in [0.2, 0.25) is 5.02 Å².